The maximum atomic E-state index is 13.6. The van der Waals surface area contributed by atoms with Crippen LogP contribution in [0, 0.1) is 13.8 Å². The first-order chi connectivity index (χ1) is 19.1. The average Bonchev–Trinajstić information content (AvgIpc) is 3.39. The zero-order valence-electron chi connectivity index (χ0n) is 23.0. The van der Waals surface area contributed by atoms with Gasteiger partial charge in [0.2, 0.25) is 5.91 Å². The molecule has 2 heterocycles. The van der Waals surface area contributed by atoms with Gasteiger partial charge in [-0.25, -0.2) is 0 Å². The number of nitrogens with two attached hydrogens (primary N) is 1. The highest BCUT2D eigenvalue weighted by Crippen LogP contribution is 2.42. The minimum absolute atomic E-state index is 0.196. The first kappa shape index (κ1) is 26.6. The molecule has 40 heavy (non-hydrogen) atoms. The Bertz CT molecular complexity index is 1840. The molecule has 3 N–H and O–H groups in total. The van der Waals surface area contributed by atoms with Crippen molar-refractivity contribution in [3.05, 3.63) is 93.5 Å². The van der Waals surface area contributed by atoms with E-state index in [1.165, 1.54) is 4.74 Å². The lowest BCUT2D eigenvalue weighted by atomic mass is 10.0. The predicted octanol–water partition coefficient (Wildman–Crippen LogP) is 5.26. The second-order valence-corrected chi connectivity index (χ2v) is 9.64. The summed E-state index contributed by atoms with van der Waals surface area (Å²) in [5.74, 6) is 0.303. The van der Waals surface area contributed by atoms with Gasteiger partial charge in [-0.3, -0.25) is 14.4 Å². The van der Waals surface area contributed by atoms with Crippen LogP contribution in [0.2, 0.25) is 0 Å². The van der Waals surface area contributed by atoms with Crippen molar-refractivity contribution in [3.8, 4) is 28.1 Å². The molecule has 0 fully saturated rings. The highest BCUT2D eigenvalue weighted by atomic mass is 16.5. The summed E-state index contributed by atoms with van der Waals surface area (Å²) in [6, 6.07) is 18.0. The van der Waals surface area contributed by atoms with Crippen molar-refractivity contribution in [3.63, 3.8) is 0 Å². The number of carbonyl (C=O) groups excluding carboxylic acids is 2. The van der Waals surface area contributed by atoms with Crippen molar-refractivity contribution in [1.82, 2.24) is 9.31 Å². The fourth-order valence-corrected chi connectivity index (χ4v) is 5.26. The number of aryl methyl sites for hydroxylation is 4. The molecule has 2 aromatic heterocycles. The molecule has 5 rings (SSSR count). The third kappa shape index (κ3) is 4.45. The van der Waals surface area contributed by atoms with Crippen LogP contribution in [-0.2, 0) is 13.6 Å². The molecule has 0 aliphatic carbocycles. The van der Waals surface area contributed by atoms with Gasteiger partial charge in [-0.1, -0.05) is 30.3 Å². The second-order valence-electron chi connectivity index (χ2n) is 9.64. The number of aromatic nitrogens is 2. The molecular weight excluding hydrogens is 508 g/mol. The molecule has 5 aromatic rings. The highest BCUT2D eigenvalue weighted by molar-refractivity contribution is 6.15. The maximum absolute atomic E-state index is 13.6. The number of primary amides is 1. The van der Waals surface area contributed by atoms with Crippen LogP contribution in [0.3, 0.4) is 0 Å². The minimum atomic E-state index is -0.572. The Morgan fingerprint density at radius 3 is 2.33 bits per heavy atom. The van der Waals surface area contributed by atoms with Gasteiger partial charge in [0, 0.05) is 35.8 Å². The number of anilines is 1. The van der Waals surface area contributed by atoms with Gasteiger partial charge in [-0.15, -0.1) is 0 Å². The minimum Gasteiger partial charge on any atom is -0.494 e. The number of benzene rings is 3. The average molecular weight is 539 g/mol. The first-order valence-corrected chi connectivity index (χ1v) is 12.8. The lowest BCUT2D eigenvalue weighted by Crippen LogP contribution is -2.16. The van der Waals surface area contributed by atoms with Gasteiger partial charge < -0.3 is 24.9 Å². The summed E-state index contributed by atoms with van der Waals surface area (Å²) in [6.07, 6.45) is 0. The van der Waals surface area contributed by atoms with Crippen LogP contribution in [0.4, 0.5) is 5.69 Å². The third-order valence-electron chi connectivity index (χ3n) is 7.00. The van der Waals surface area contributed by atoms with Crippen molar-refractivity contribution in [2.75, 3.05) is 12.4 Å². The van der Waals surface area contributed by atoms with Crippen LogP contribution in [0.25, 0.3) is 33.3 Å². The van der Waals surface area contributed by atoms with Crippen molar-refractivity contribution < 1.29 is 18.8 Å². The van der Waals surface area contributed by atoms with Crippen LogP contribution >= 0.6 is 0 Å². The molecule has 9 heteroatoms. The Labute approximate surface area is 230 Å². The number of ether oxygens (including phenoxy) is 1. The van der Waals surface area contributed by atoms with E-state index >= 15 is 0 Å². The number of hydrogen-bond acceptors (Lipinski definition) is 5. The Kier molecular flexibility index (Phi) is 6.81. The Morgan fingerprint density at radius 2 is 1.73 bits per heavy atom. The quantitative estimate of drug-likeness (QED) is 0.293. The molecule has 0 aliphatic heterocycles. The summed E-state index contributed by atoms with van der Waals surface area (Å²) < 4.78 is 14.7. The Balaban J connectivity index is 1.64. The molecule has 0 saturated heterocycles. The largest absolute Gasteiger partial charge is 0.494 e. The van der Waals surface area contributed by atoms with E-state index in [4.69, 9.17) is 15.0 Å². The fourth-order valence-electron chi connectivity index (χ4n) is 5.26. The van der Waals surface area contributed by atoms with Crippen LogP contribution < -0.4 is 21.3 Å². The number of amides is 2. The first-order valence-electron chi connectivity index (χ1n) is 12.8. The van der Waals surface area contributed by atoms with Gasteiger partial charge >= 0.3 is 0 Å². The summed E-state index contributed by atoms with van der Waals surface area (Å²) >= 11 is 0. The zero-order valence-corrected chi connectivity index (χ0v) is 23.0. The number of nitrogens with one attached hydrogen (secondary N) is 1. The van der Waals surface area contributed by atoms with E-state index in [0.29, 0.717) is 40.4 Å². The molecule has 3 aromatic carbocycles. The Morgan fingerprint density at radius 1 is 1.02 bits per heavy atom. The number of nitrogens with zero attached hydrogens (tertiary/aromatic N) is 2. The van der Waals surface area contributed by atoms with E-state index in [2.05, 4.69) is 9.88 Å². The standard InChI is InChI=1S/C31H30N4O5/c1-6-35-26(20-12-10-19(11-13-20)25-18(3)40-34(4)31(25)38)28(39-5)23-14-17(2)15-24(27(23)35)30(37)33-22-9-7-8-21(16-22)29(32)36/h7-16H,6H2,1-5H3,(H2,32,36)(H,33,37). The summed E-state index contributed by atoms with van der Waals surface area (Å²) in [6.45, 7) is 6.27. The predicted molar refractivity (Wildman–Crippen MR) is 155 cm³/mol. The SMILES string of the molecule is CCn1c(-c2ccc(-c3c(C)on(C)c3=O)cc2)c(OC)c2cc(C)cc(C(=O)Nc3cccc(C(N)=O)c3)c21. The number of methoxy groups -OCH3 is 1. The highest BCUT2D eigenvalue weighted by Gasteiger charge is 2.25. The summed E-state index contributed by atoms with van der Waals surface area (Å²) in [5.41, 5.74) is 11.0. The molecule has 0 aliphatic rings. The van der Waals surface area contributed by atoms with E-state index in [-0.39, 0.29) is 11.5 Å². The summed E-state index contributed by atoms with van der Waals surface area (Å²) in [4.78, 5) is 37.8. The second kappa shape index (κ2) is 10.3. The van der Waals surface area contributed by atoms with E-state index in [9.17, 15) is 14.4 Å². The number of rotatable bonds is 7. The monoisotopic (exact) mass is 538 g/mol. The molecule has 0 spiro atoms. The van der Waals surface area contributed by atoms with Crippen molar-refractivity contribution in [2.45, 2.75) is 27.3 Å². The molecule has 204 valence electrons. The molecule has 0 bridgehead atoms. The lowest BCUT2D eigenvalue weighted by Gasteiger charge is -2.13. The third-order valence-corrected chi connectivity index (χ3v) is 7.00. The summed E-state index contributed by atoms with van der Waals surface area (Å²) in [5, 5.41) is 3.71. The van der Waals surface area contributed by atoms with Gasteiger partial charge in [0.15, 0.2) is 5.75 Å². The van der Waals surface area contributed by atoms with Crippen LogP contribution in [-0.4, -0.2) is 28.2 Å². The smallest absolute Gasteiger partial charge is 0.290 e. The van der Waals surface area contributed by atoms with Gasteiger partial charge in [-0.05, 0) is 62.2 Å². The molecule has 0 atom stereocenters. The van der Waals surface area contributed by atoms with E-state index < -0.39 is 5.91 Å². The number of carbonyl (C=O) groups is 2. The van der Waals surface area contributed by atoms with Crippen molar-refractivity contribution >= 4 is 28.4 Å². The zero-order chi connectivity index (χ0) is 28.7. The van der Waals surface area contributed by atoms with E-state index in [1.807, 2.05) is 50.2 Å². The molecule has 9 nitrogen and oxygen atoms in total. The van der Waals surface area contributed by atoms with Crippen LogP contribution in [0.5, 0.6) is 5.75 Å². The molecule has 2 amide bonds. The molecule has 0 saturated carbocycles. The van der Waals surface area contributed by atoms with Crippen LogP contribution in [0.1, 0.15) is 39.0 Å². The van der Waals surface area contributed by atoms with E-state index in [1.54, 1.807) is 45.3 Å². The summed E-state index contributed by atoms with van der Waals surface area (Å²) in [7, 11) is 3.20. The van der Waals surface area contributed by atoms with Crippen molar-refractivity contribution in [1.29, 1.82) is 0 Å². The number of hydrogen-bond donors (Lipinski definition) is 2. The fraction of sp³-hybridized carbons (Fsp3) is 0.194. The van der Waals surface area contributed by atoms with Gasteiger partial charge in [0.05, 0.1) is 29.4 Å². The topological polar surface area (TPSA) is 121 Å². The lowest BCUT2D eigenvalue weighted by molar-refractivity contribution is 0.0996. The Hall–Kier alpha value is -5.05. The van der Waals surface area contributed by atoms with Gasteiger partial charge in [0.25, 0.3) is 11.5 Å². The molecular formula is C31H30N4O5. The van der Waals surface area contributed by atoms with Gasteiger partial charge in [-0.2, -0.15) is 4.74 Å². The molecule has 0 unspecified atom stereocenters. The maximum Gasteiger partial charge on any atom is 0.290 e. The van der Waals surface area contributed by atoms with E-state index in [0.717, 1.165) is 33.3 Å². The number of fused-ring (bicyclic) bond motifs is 1. The van der Waals surface area contributed by atoms with Crippen molar-refractivity contribution in [2.24, 2.45) is 12.8 Å². The van der Waals surface area contributed by atoms with Crippen LogP contribution in [0.15, 0.2) is 70.0 Å². The van der Waals surface area contributed by atoms with Gasteiger partial charge in [0.1, 0.15) is 5.76 Å². The normalized spacial score (nSPS) is 11.1. The molecule has 0 radical (unpaired) electrons.